The number of rotatable bonds is 5. The Morgan fingerprint density at radius 1 is 1.33 bits per heavy atom. The first-order chi connectivity index (χ1) is 8.83. The molecule has 1 aromatic rings. The second-order valence-corrected chi connectivity index (χ2v) is 4.92. The second kappa shape index (κ2) is 6.40. The standard InChI is InChI=1S/C14H15NO2S/c1-2-3-9-18-10-12-13(15-17-14(12)16)11-7-5-4-6-8-11/h4-8,10H,2-3,9H2,1H3/b12-10-. The Morgan fingerprint density at radius 2 is 2.11 bits per heavy atom. The van der Waals surface area contributed by atoms with E-state index in [1.54, 1.807) is 11.8 Å². The van der Waals surface area contributed by atoms with Crippen molar-refractivity contribution in [3.05, 3.63) is 46.9 Å². The van der Waals surface area contributed by atoms with E-state index in [-0.39, 0.29) is 5.97 Å². The van der Waals surface area contributed by atoms with Gasteiger partial charge < -0.3 is 4.84 Å². The minimum absolute atomic E-state index is 0.363. The molecule has 4 heteroatoms. The summed E-state index contributed by atoms with van der Waals surface area (Å²) in [4.78, 5) is 16.4. The van der Waals surface area contributed by atoms with Gasteiger partial charge >= 0.3 is 5.97 Å². The molecule has 1 heterocycles. The molecule has 0 radical (unpaired) electrons. The van der Waals surface area contributed by atoms with E-state index in [9.17, 15) is 4.79 Å². The van der Waals surface area contributed by atoms with Crippen molar-refractivity contribution in [2.45, 2.75) is 19.8 Å². The van der Waals surface area contributed by atoms with Crippen LogP contribution in [-0.2, 0) is 9.63 Å². The summed E-state index contributed by atoms with van der Waals surface area (Å²) >= 11 is 1.63. The third kappa shape index (κ3) is 3.01. The predicted octanol–water partition coefficient (Wildman–Crippen LogP) is 3.36. The highest BCUT2D eigenvalue weighted by Gasteiger charge is 2.26. The van der Waals surface area contributed by atoms with Gasteiger partial charge in [-0.25, -0.2) is 4.79 Å². The molecule has 0 N–H and O–H groups in total. The minimum Gasteiger partial charge on any atom is -0.312 e. The highest BCUT2D eigenvalue weighted by molar-refractivity contribution is 8.02. The van der Waals surface area contributed by atoms with Crippen LogP contribution < -0.4 is 0 Å². The van der Waals surface area contributed by atoms with E-state index in [1.807, 2.05) is 35.7 Å². The van der Waals surface area contributed by atoms with Crippen LogP contribution in [0.25, 0.3) is 0 Å². The van der Waals surface area contributed by atoms with E-state index in [1.165, 1.54) is 0 Å². The fourth-order valence-electron chi connectivity index (χ4n) is 1.56. The maximum Gasteiger partial charge on any atom is 0.368 e. The van der Waals surface area contributed by atoms with Gasteiger partial charge in [0.05, 0.1) is 5.57 Å². The average molecular weight is 261 g/mol. The zero-order chi connectivity index (χ0) is 12.8. The van der Waals surface area contributed by atoms with Gasteiger partial charge in [0.25, 0.3) is 0 Å². The maximum atomic E-state index is 11.6. The highest BCUT2D eigenvalue weighted by Crippen LogP contribution is 2.21. The fraction of sp³-hybridized carbons (Fsp3) is 0.286. The number of benzene rings is 1. The van der Waals surface area contributed by atoms with Crippen LogP contribution in [0.5, 0.6) is 0 Å². The number of hydrogen-bond acceptors (Lipinski definition) is 4. The van der Waals surface area contributed by atoms with E-state index in [0.717, 1.165) is 24.2 Å². The average Bonchev–Trinajstić information content (AvgIpc) is 2.77. The van der Waals surface area contributed by atoms with E-state index in [0.29, 0.717) is 11.3 Å². The molecule has 1 aliphatic rings. The molecular formula is C14H15NO2S. The number of unbranched alkanes of at least 4 members (excludes halogenated alkanes) is 1. The van der Waals surface area contributed by atoms with Crippen LogP contribution in [0.2, 0.25) is 0 Å². The maximum absolute atomic E-state index is 11.6. The Hall–Kier alpha value is -1.55. The SMILES string of the molecule is CCCCS/C=C1\C(=O)ON=C1c1ccccc1. The summed E-state index contributed by atoms with van der Waals surface area (Å²) < 4.78 is 0. The fourth-order valence-corrected chi connectivity index (χ4v) is 2.51. The first kappa shape index (κ1) is 12.9. The summed E-state index contributed by atoms with van der Waals surface area (Å²) in [5.74, 6) is 0.646. The van der Waals surface area contributed by atoms with E-state index in [4.69, 9.17) is 4.84 Å². The molecule has 0 spiro atoms. The molecule has 3 nitrogen and oxygen atoms in total. The number of carbonyl (C=O) groups excluding carboxylic acids is 1. The molecule has 2 rings (SSSR count). The summed E-state index contributed by atoms with van der Waals surface area (Å²) in [7, 11) is 0. The van der Waals surface area contributed by atoms with Gasteiger partial charge in [0.15, 0.2) is 0 Å². The van der Waals surface area contributed by atoms with Gasteiger partial charge in [-0.3, -0.25) is 0 Å². The molecule has 0 fully saturated rings. The molecule has 0 unspecified atom stereocenters. The normalized spacial score (nSPS) is 16.8. The van der Waals surface area contributed by atoms with Gasteiger partial charge in [0.2, 0.25) is 0 Å². The summed E-state index contributed by atoms with van der Waals surface area (Å²) in [6.07, 6.45) is 2.29. The van der Waals surface area contributed by atoms with Crippen molar-refractivity contribution < 1.29 is 9.63 Å². The largest absolute Gasteiger partial charge is 0.368 e. The first-order valence-corrected chi connectivity index (χ1v) is 7.04. The molecule has 0 saturated heterocycles. The van der Waals surface area contributed by atoms with Gasteiger partial charge in [-0.15, -0.1) is 11.8 Å². The monoisotopic (exact) mass is 261 g/mol. The van der Waals surface area contributed by atoms with Gasteiger partial charge in [0, 0.05) is 5.56 Å². The van der Waals surface area contributed by atoms with Gasteiger partial charge in [-0.2, -0.15) is 0 Å². The molecular weight excluding hydrogens is 246 g/mol. The van der Waals surface area contributed by atoms with Crippen molar-refractivity contribution in [1.29, 1.82) is 0 Å². The summed E-state index contributed by atoms with van der Waals surface area (Å²) in [6, 6.07) is 9.61. The van der Waals surface area contributed by atoms with Crippen LogP contribution in [0.1, 0.15) is 25.3 Å². The van der Waals surface area contributed by atoms with Gasteiger partial charge in [-0.1, -0.05) is 48.8 Å². The number of nitrogens with zero attached hydrogens (tertiary/aromatic N) is 1. The van der Waals surface area contributed by atoms with Crippen molar-refractivity contribution in [3.63, 3.8) is 0 Å². The Labute approximate surface area is 111 Å². The van der Waals surface area contributed by atoms with E-state index >= 15 is 0 Å². The Balaban J connectivity index is 2.13. The van der Waals surface area contributed by atoms with Gasteiger partial charge in [0.1, 0.15) is 5.71 Å². The number of thioether (sulfide) groups is 1. The van der Waals surface area contributed by atoms with Crippen LogP contribution in [0, 0.1) is 0 Å². The lowest BCUT2D eigenvalue weighted by atomic mass is 10.1. The molecule has 0 amide bonds. The van der Waals surface area contributed by atoms with Crippen molar-refractivity contribution in [2.75, 3.05) is 5.75 Å². The third-order valence-electron chi connectivity index (χ3n) is 2.56. The van der Waals surface area contributed by atoms with E-state index in [2.05, 4.69) is 12.1 Å². The quantitative estimate of drug-likeness (QED) is 0.463. The van der Waals surface area contributed by atoms with Crippen LogP contribution in [0.3, 0.4) is 0 Å². The molecule has 94 valence electrons. The van der Waals surface area contributed by atoms with Crippen molar-refractivity contribution in [3.8, 4) is 0 Å². The molecule has 1 aromatic carbocycles. The number of carbonyl (C=O) groups is 1. The van der Waals surface area contributed by atoms with Crippen molar-refractivity contribution in [2.24, 2.45) is 5.16 Å². The Kier molecular flexibility index (Phi) is 4.59. The third-order valence-corrected chi connectivity index (χ3v) is 3.49. The lowest BCUT2D eigenvalue weighted by Crippen LogP contribution is -2.06. The zero-order valence-corrected chi connectivity index (χ0v) is 11.1. The van der Waals surface area contributed by atoms with Gasteiger partial charge in [-0.05, 0) is 17.6 Å². The zero-order valence-electron chi connectivity index (χ0n) is 10.3. The van der Waals surface area contributed by atoms with Crippen LogP contribution in [-0.4, -0.2) is 17.4 Å². The Morgan fingerprint density at radius 3 is 2.83 bits per heavy atom. The Bertz CT molecular complexity index is 480. The lowest BCUT2D eigenvalue weighted by Gasteiger charge is -1.99. The minimum atomic E-state index is -0.363. The smallest absolute Gasteiger partial charge is 0.312 e. The topological polar surface area (TPSA) is 38.7 Å². The summed E-state index contributed by atoms with van der Waals surface area (Å²) in [5, 5.41) is 5.71. The van der Waals surface area contributed by atoms with Crippen LogP contribution in [0.15, 0.2) is 46.5 Å². The molecule has 0 aliphatic carbocycles. The van der Waals surface area contributed by atoms with E-state index < -0.39 is 0 Å². The molecule has 0 atom stereocenters. The molecule has 18 heavy (non-hydrogen) atoms. The van der Waals surface area contributed by atoms with Crippen LogP contribution >= 0.6 is 11.8 Å². The highest BCUT2D eigenvalue weighted by atomic mass is 32.2. The van der Waals surface area contributed by atoms with Crippen molar-refractivity contribution >= 4 is 23.4 Å². The number of hydrogen-bond donors (Lipinski definition) is 0. The lowest BCUT2D eigenvalue weighted by molar-refractivity contribution is -0.136. The number of oxime groups is 1. The molecule has 0 aromatic heterocycles. The first-order valence-electron chi connectivity index (χ1n) is 6.00. The molecule has 0 saturated carbocycles. The molecule has 0 bridgehead atoms. The van der Waals surface area contributed by atoms with Crippen molar-refractivity contribution in [1.82, 2.24) is 0 Å². The molecule has 1 aliphatic heterocycles. The second-order valence-electron chi connectivity index (χ2n) is 3.94. The summed E-state index contributed by atoms with van der Waals surface area (Å²) in [6.45, 7) is 2.15. The predicted molar refractivity (Wildman–Crippen MR) is 74.5 cm³/mol. The summed E-state index contributed by atoms with van der Waals surface area (Å²) in [5.41, 5.74) is 2.09. The van der Waals surface area contributed by atoms with Crippen LogP contribution in [0.4, 0.5) is 0 Å².